The van der Waals surface area contributed by atoms with E-state index >= 15 is 0 Å². The van der Waals surface area contributed by atoms with Crippen molar-refractivity contribution in [3.8, 4) is 5.75 Å². The Morgan fingerprint density at radius 3 is 2.50 bits per heavy atom. The zero-order chi connectivity index (χ0) is 30.4. The maximum Gasteiger partial charge on any atom is 0.251 e. The van der Waals surface area contributed by atoms with Gasteiger partial charge in [-0.25, -0.2) is 4.98 Å². The highest BCUT2D eigenvalue weighted by atomic mass is 35.5. The predicted octanol–water partition coefficient (Wildman–Crippen LogP) is 5.17. The third-order valence-electron chi connectivity index (χ3n) is 6.80. The van der Waals surface area contributed by atoms with Gasteiger partial charge in [0.05, 0.1) is 22.8 Å². The molecule has 218 valence electrons. The Balaban J connectivity index is 1.39. The topological polar surface area (TPSA) is 106 Å². The minimum Gasteiger partial charge on any atom is -0.486 e. The molecule has 1 heterocycles. The molecule has 42 heavy (non-hydrogen) atoms. The number of nitrogens with zero attached hydrogens (tertiary/aromatic N) is 3. The van der Waals surface area contributed by atoms with Gasteiger partial charge in [-0.1, -0.05) is 48.3 Å². The molecule has 3 aromatic carbocycles. The first-order valence-corrected chi connectivity index (χ1v) is 14.0. The van der Waals surface area contributed by atoms with Crippen LogP contribution in [-0.2, 0) is 29.7 Å². The molecule has 11 heteroatoms. The van der Waals surface area contributed by atoms with E-state index in [1.54, 1.807) is 56.6 Å². The Hall–Kier alpha value is -4.34. The maximum atomic E-state index is 12.9. The molecular formula is C31H31Cl2N5O4. The highest BCUT2D eigenvalue weighted by Gasteiger charge is 2.20. The number of ether oxygens (including phenoxy) is 1. The van der Waals surface area contributed by atoms with Crippen LogP contribution in [0.3, 0.4) is 0 Å². The molecule has 4 rings (SSSR count). The summed E-state index contributed by atoms with van der Waals surface area (Å²) in [5.74, 6) is 0.520. The zero-order valence-corrected chi connectivity index (χ0v) is 25.2. The monoisotopic (exact) mass is 607 g/mol. The van der Waals surface area contributed by atoms with Gasteiger partial charge in [0.15, 0.2) is 0 Å². The molecule has 0 saturated carbocycles. The summed E-state index contributed by atoms with van der Waals surface area (Å²) in [7, 11) is 5.09. The lowest BCUT2D eigenvalue weighted by Crippen LogP contribution is -2.37. The minimum atomic E-state index is -0.446. The highest BCUT2D eigenvalue weighted by Crippen LogP contribution is 2.35. The lowest BCUT2D eigenvalue weighted by molar-refractivity contribution is -0.122. The average Bonchev–Trinajstić information content (AvgIpc) is 3.34. The minimum absolute atomic E-state index is 0.0658. The number of amides is 3. The van der Waals surface area contributed by atoms with Crippen molar-refractivity contribution in [1.29, 1.82) is 0 Å². The van der Waals surface area contributed by atoms with Gasteiger partial charge < -0.3 is 24.8 Å². The number of nitrogens with one attached hydrogen (secondary N) is 2. The van der Waals surface area contributed by atoms with E-state index in [9.17, 15) is 14.4 Å². The van der Waals surface area contributed by atoms with Crippen LogP contribution in [0.1, 0.15) is 34.2 Å². The number of para-hydroxylation sites is 1. The van der Waals surface area contributed by atoms with E-state index in [4.69, 9.17) is 32.9 Å². The third-order valence-corrected chi connectivity index (χ3v) is 7.57. The number of carbonyl (C=O) groups excluding carboxylic acids is 3. The molecule has 9 nitrogen and oxygen atoms in total. The number of benzene rings is 3. The summed E-state index contributed by atoms with van der Waals surface area (Å²) in [6, 6.07) is 15.8. The van der Waals surface area contributed by atoms with Crippen LogP contribution in [0.5, 0.6) is 5.75 Å². The van der Waals surface area contributed by atoms with Gasteiger partial charge >= 0.3 is 0 Å². The molecule has 0 atom stereocenters. The number of carbonyl (C=O) groups is 3. The van der Waals surface area contributed by atoms with Crippen LogP contribution in [0.15, 0.2) is 60.7 Å². The van der Waals surface area contributed by atoms with Crippen LogP contribution >= 0.6 is 23.2 Å². The number of anilines is 1. The van der Waals surface area contributed by atoms with Crippen molar-refractivity contribution >= 4 is 63.7 Å². The quantitative estimate of drug-likeness (QED) is 0.242. The number of imidazole rings is 1. The fourth-order valence-electron chi connectivity index (χ4n) is 4.33. The molecule has 0 bridgehead atoms. The van der Waals surface area contributed by atoms with Crippen molar-refractivity contribution in [3.63, 3.8) is 0 Å². The van der Waals surface area contributed by atoms with Crippen LogP contribution in [0.4, 0.5) is 5.69 Å². The number of rotatable bonds is 10. The van der Waals surface area contributed by atoms with Crippen molar-refractivity contribution in [2.75, 3.05) is 25.5 Å². The molecule has 0 saturated heterocycles. The fraction of sp³-hybridized carbons (Fsp3) is 0.226. The first-order chi connectivity index (χ1) is 20.1. The van der Waals surface area contributed by atoms with E-state index < -0.39 is 5.91 Å². The van der Waals surface area contributed by atoms with Crippen LogP contribution in [0.25, 0.3) is 17.1 Å². The molecule has 1 aromatic heterocycles. The molecule has 0 unspecified atom stereocenters. The van der Waals surface area contributed by atoms with Gasteiger partial charge in [0.25, 0.3) is 5.91 Å². The Morgan fingerprint density at radius 1 is 1.07 bits per heavy atom. The van der Waals surface area contributed by atoms with Crippen LogP contribution in [0, 0.1) is 0 Å². The number of fused-ring (bicyclic) bond motifs is 1. The van der Waals surface area contributed by atoms with E-state index in [0.717, 1.165) is 28.8 Å². The zero-order valence-electron chi connectivity index (χ0n) is 23.7. The molecule has 0 aliphatic heterocycles. The molecule has 3 amide bonds. The second-order valence-corrected chi connectivity index (χ2v) is 10.2. The van der Waals surface area contributed by atoms with Gasteiger partial charge in [-0.3, -0.25) is 14.4 Å². The van der Waals surface area contributed by atoms with E-state index in [2.05, 4.69) is 10.6 Å². The lowest BCUT2D eigenvalue weighted by Gasteiger charge is -2.21. The summed E-state index contributed by atoms with van der Waals surface area (Å²) in [6.45, 7) is 1.86. The van der Waals surface area contributed by atoms with Gasteiger partial charge in [-0.05, 0) is 48.0 Å². The van der Waals surface area contributed by atoms with Crippen molar-refractivity contribution < 1.29 is 19.1 Å². The molecule has 0 spiro atoms. The molecular weight excluding hydrogens is 577 g/mol. The van der Waals surface area contributed by atoms with Gasteiger partial charge in [0, 0.05) is 49.8 Å². The number of hydrogen-bond acceptors (Lipinski definition) is 5. The van der Waals surface area contributed by atoms with Gasteiger partial charge in [0.1, 0.15) is 23.7 Å². The number of hydrogen-bond donors (Lipinski definition) is 2. The summed E-state index contributed by atoms with van der Waals surface area (Å²) in [5.41, 5.74) is 3.90. The molecule has 0 aliphatic rings. The lowest BCUT2D eigenvalue weighted by atomic mass is 10.1. The van der Waals surface area contributed by atoms with Crippen molar-refractivity contribution in [2.24, 2.45) is 7.05 Å². The van der Waals surface area contributed by atoms with Crippen molar-refractivity contribution in [1.82, 2.24) is 20.2 Å². The summed E-state index contributed by atoms with van der Waals surface area (Å²) in [6.07, 6.45) is 3.70. The average molecular weight is 609 g/mol. The Kier molecular flexibility index (Phi) is 9.88. The first-order valence-electron chi connectivity index (χ1n) is 13.2. The molecule has 0 aliphatic carbocycles. The number of halogens is 2. The normalized spacial score (nSPS) is 11.1. The molecule has 0 fully saturated rings. The summed E-state index contributed by atoms with van der Waals surface area (Å²) < 4.78 is 8.14. The highest BCUT2D eigenvalue weighted by molar-refractivity contribution is 6.38. The van der Waals surface area contributed by atoms with Crippen LogP contribution in [0.2, 0.25) is 10.0 Å². The Bertz CT molecular complexity index is 1660. The molecule has 2 N–H and O–H groups in total. The van der Waals surface area contributed by atoms with Gasteiger partial charge in [0.2, 0.25) is 11.8 Å². The fourth-order valence-corrected chi connectivity index (χ4v) is 4.94. The van der Waals surface area contributed by atoms with E-state index in [-0.39, 0.29) is 30.0 Å². The number of likely N-dealkylation sites (N-methyl/N-ethyl adjacent to an activating group) is 1. The van der Waals surface area contributed by atoms with Crippen LogP contribution < -0.4 is 20.3 Å². The Labute approximate surface area is 254 Å². The van der Waals surface area contributed by atoms with Crippen LogP contribution in [-0.4, -0.2) is 47.9 Å². The standard InChI is InChI=1S/C31H31Cl2N5O4/c1-5-26-36-30-24(37(26)3)7-6-8-25(30)42-18-21-22(32)14-15-23(29(21)33)38(4)28(40)17-35-27(39)16-11-19-9-12-20(13-10-19)31(41)34-2/h6-16H,5,17-18H2,1-4H3,(H,34,41)(H,35,39). The SMILES string of the molecule is CCc1nc2c(OCc3c(Cl)ccc(N(C)C(=O)CNC(=O)C=Cc4ccc(C(=O)NC)cc4)c3Cl)cccc2n1C. The first kappa shape index (κ1) is 30.6. The van der Waals surface area contributed by atoms with Crippen molar-refractivity contribution in [2.45, 2.75) is 20.0 Å². The molecule has 4 aromatic rings. The largest absolute Gasteiger partial charge is 0.486 e. The predicted molar refractivity (Wildman–Crippen MR) is 166 cm³/mol. The van der Waals surface area contributed by atoms with E-state index in [1.807, 2.05) is 36.7 Å². The van der Waals surface area contributed by atoms with Gasteiger partial charge in [-0.2, -0.15) is 0 Å². The second-order valence-electron chi connectivity index (χ2n) is 9.42. The smallest absolute Gasteiger partial charge is 0.251 e. The van der Waals surface area contributed by atoms with E-state index in [1.165, 1.54) is 11.0 Å². The van der Waals surface area contributed by atoms with Gasteiger partial charge in [-0.15, -0.1) is 0 Å². The maximum absolute atomic E-state index is 12.9. The van der Waals surface area contributed by atoms with Crippen molar-refractivity contribution in [3.05, 3.63) is 93.2 Å². The third kappa shape index (κ3) is 6.75. The second kappa shape index (κ2) is 13.5. The number of aryl methyl sites for hydroxylation is 2. The summed E-state index contributed by atoms with van der Waals surface area (Å²) >= 11 is 13.2. The summed E-state index contributed by atoms with van der Waals surface area (Å²) in [4.78, 5) is 42.9. The van der Waals surface area contributed by atoms with E-state index in [0.29, 0.717) is 27.6 Å². The summed E-state index contributed by atoms with van der Waals surface area (Å²) in [5, 5.41) is 5.80. The molecule has 0 radical (unpaired) electrons. The Morgan fingerprint density at radius 2 is 1.81 bits per heavy atom. The number of aromatic nitrogens is 2.